The largest absolute Gasteiger partial charge is 0.490 e. The summed E-state index contributed by atoms with van der Waals surface area (Å²) in [6.07, 6.45) is -0.197. The molecule has 0 aliphatic carbocycles. The van der Waals surface area contributed by atoms with Gasteiger partial charge in [-0.3, -0.25) is 0 Å². The van der Waals surface area contributed by atoms with Crippen LogP contribution < -0.4 is 15.7 Å². The van der Waals surface area contributed by atoms with Crippen LogP contribution in [0.3, 0.4) is 0 Å². The summed E-state index contributed by atoms with van der Waals surface area (Å²) in [5.74, 6) is 0.229. The fraction of sp³-hybridized carbons (Fsp3) is 0.357. The van der Waals surface area contributed by atoms with E-state index in [0.717, 1.165) is 17.5 Å². The molecule has 0 radical (unpaired) electrons. The maximum absolute atomic E-state index is 12.0. The molecule has 19 heavy (non-hydrogen) atoms. The highest BCUT2D eigenvalue weighted by atomic mass is 16.5. The number of fused-ring (bicyclic) bond motifs is 1. The number of nitrogens with one attached hydrogen (secondary N) is 1. The number of benzene rings is 1. The van der Waals surface area contributed by atoms with E-state index < -0.39 is 5.63 Å². The van der Waals surface area contributed by atoms with Crippen LogP contribution in [0.5, 0.6) is 5.75 Å². The molecule has 1 aliphatic heterocycles. The van der Waals surface area contributed by atoms with Crippen LogP contribution in [0.4, 0.5) is 0 Å². The number of para-hydroxylation sites is 1. The van der Waals surface area contributed by atoms with Crippen molar-refractivity contribution in [3.8, 4) is 5.75 Å². The molecule has 0 saturated carbocycles. The first kappa shape index (κ1) is 12.2. The van der Waals surface area contributed by atoms with Gasteiger partial charge in [-0.25, -0.2) is 4.79 Å². The third-order valence-electron chi connectivity index (χ3n) is 3.26. The zero-order valence-corrected chi connectivity index (χ0v) is 10.6. The van der Waals surface area contributed by atoms with Gasteiger partial charge >= 0.3 is 5.63 Å². The topological polar surface area (TPSA) is 60.7 Å². The zero-order valence-electron chi connectivity index (χ0n) is 10.6. The summed E-state index contributed by atoms with van der Waals surface area (Å²) in [7, 11) is 1.47. The number of ether oxygens (including phenoxy) is 2. The molecular weight excluding hydrogens is 246 g/mol. The molecular formula is C14H15NO4. The van der Waals surface area contributed by atoms with E-state index in [1.54, 1.807) is 6.07 Å². The van der Waals surface area contributed by atoms with Crippen LogP contribution in [0.15, 0.2) is 33.5 Å². The Labute approximate surface area is 110 Å². The fourth-order valence-electron chi connectivity index (χ4n) is 2.42. The predicted octanol–water partition coefficient (Wildman–Crippen LogP) is 1.46. The highest BCUT2D eigenvalue weighted by Gasteiger charge is 2.25. The van der Waals surface area contributed by atoms with Crippen molar-refractivity contribution in [3.63, 3.8) is 0 Å². The predicted molar refractivity (Wildman–Crippen MR) is 70.6 cm³/mol. The third kappa shape index (κ3) is 2.11. The summed E-state index contributed by atoms with van der Waals surface area (Å²) >= 11 is 0. The van der Waals surface area contributed by atoms with Crippen molar-refractivity contribution in [1.82, 2.24) is 5.32 Å². The van der Waals surface area contributed by atoms with Crippen LogP contribution in [-0.4, -0.2) is 26.8 Å². The first-order valence-corrected chi connectivity index (χ1v) is 6.23. The second kappa shape index (κ2) is 5.03. The quantitative estimate of drug-likeness (QED) is 0.829. The average molecular weight is 261 g/mol. The maximum Gasteiger partial charge on any atom is 0.379 e. The van der Waals surface area contributed by atoms with Crippen LogP contribution in [0.1, 0.15) is 11.7 Å². The van der Waals surface area contributed by atoms with Gasteiger partial charge in [0.25, 0.3) is 0 Å². The normalized spacial score (nSPS) is 19.5. The lowest BCUT2D eigenvalue weighted by Gasteiger charge is -2.25. The molecule has 2 heterocycles. The minimum absolute atomic E-state index is 0.197. The van der Waals surface area contributed by atoms with E-state index in [2.05, 4.69) is 5.32 Å². The summed E-state index contributed by atoms with van der Waals surface area (Å²) in [6.45, 7) is 2.09. The second-order valence-electron chi connectivity index (χ2n) is 4.40. The Morgan fingerprint density at radius 1 is 1.37 bits per heavy atom. The smallest absolute Gasteiger partial charge is 0.379 e. The Morgan fingerprint density at radius 3 is 2.95 bits per heavy atom. The zero-order chi connectivity index (χ0) is 13.2. The standard InChI is InChI=1S/C14H15NO4/c1-17-13-12(11-8-15-6-7-18-11)9-4-2-3-5-10(9)19-14(13)16/h2-5,11,15H,6-8H2,1H3/t11-/m0/s1. The van der Waals surface area contributed by atoms with E-state index >= 15 is 0 Å². The van der Waals surface area contributed by atoms with Crippen LogP contribution >= 0.6 is 0 Å². The number of rotatable bonds is 2. The number of morpholine rings is 1. The summed E-state index contributed by atoms with van der Waals surface area (Å²) in [5, 5.41) is 4.11. The fourth-order valence-corrected chi connectivity index (χ4v) is 2.42. The molecule has 0 amide bonds. The lowest BCUT2D eigenvalue weighted by Crippen LogP contribution is -2.34. The van der Waals surface area contributed by atoms with E-state index in [1.807, 2.05) is 18.2 Å². The van der Waals surface area contributed by atoms with E-state index in [0.29, 0.717) is 18.7 Å². The van der Waals surface area contributed by atoms with Gasteiger partial charge < -0.3 is 19.2 Å². The van der Waals surface area contributed by atoms with E-state index in [9.17, 15) is 4.79 Å². The molecule has 1 atom stereocenters. The third-order valence-corrected chi connectivity index (χ3v) is 3.26. The van der Waals surface area contributed by atoms with E-state index in [1.165, 1.54) is 7.11 Å². The van der Waals surface area contributed by atoms with Gasteiger partial charge in [0.1, 0.15) is 5.58 Å². The first-order chi connectivity index (χ1) is 9.31. The Morgan fingerprint density at radius 2 is 2.21 bits per heavy atom. The number of hydrogen-bond acceptors (Lipinski definition) is 5. The highest BCUT2D eigenvalue weighted by Crippen LogP contribution is 2.32. The number of hydrogen-bond donors (Lipinski definition) is 1. The molecule has 3 rings (SSSR count). The molecule has 0 bridgehead atoms. The molecule has 1 fully saturated rings. The molecule has 5 nitrogen and oxygen atoms in total. The molecule has 5 heteroatoms. The summed E-state index contributed by atoms with van der Waals surface area (Å²) in [6, 6.07) is 7.42. The van der Waals surface area contributed by atoms with Gasteiger partial charge in [0.05, 0.1) is 19.8 Å². The van der Waals surface area contributed by atoms with Crippen molar-refractivity contribution in [2.24, 2.45) is 0 Å². The van der Waals surface area contributed by atoms with Crippen molar-refractivity contribution in [2.75, 3.05) is 26.8 Å². The Hall–Kier alpha value is -1.85. The van der Waals surface area contributed by atoms with Crippen molar-refractivity contribution in [3.05, 3.63) is 40.2 Å². The van der Waals surface area contributed by atoms with Gasteiger partial charge in [-0.05, 0) is 6.07 Å². The summed E-state index contributed by atoms with van der Waals surface area (Å²) in [4.78, 5) is 12.0. The number of methoxy groups -OCH3 is 1. The monoisotopic (exact) mass is 261 g/mol. The van der Waals surface area contributed by atoms with Crippen LogP contribution in [0, 0.1) is 0 Å². The van der Waals surface area contributed by atoms with Gasteiger partial charge in [0.2, 0.25) is 5.75 Å². The summed E-state index contributed by atoms with van der Waals surface area (Å²) in [5.41, 5.74) is 0.851. The van der Waals surface area contributed by atoms with Crippen molar-refractivity contribution in [2.45, 2.75) is 6.10 Å². The summed E-state index contributed by atoms with van der Waals surface area (Å²) < 4.78 is 16.2. The molecule has 0 unspecified atom stereocenters. The van der Waals surface area contributed by atoms with Gasteiger partial charge in [0, 0.05) is 24.0 Å². The lowest BCUT2D eigenvalue weighted by molar-refractivity contribution is 0.0268. The molecule has 1 aliphatic rings. The Balaban J connectivity index is 2.26. The molecule has 1 aromatic heterocycles. The van der Waals surface area contributed by atoms with Crippen molar-refractivity contribution in [1.29, 1.82) is 0 Å². The maximum atomic E-state index is 12.0. The first-order valence-electron chi connectivity index (χ1n) is 6.23. The second-order valence-corrected chi connectivity index (χ2v) is 4.40. The SMILES string of the molecule is COc1c([C@@H]2CNCCO2)c2ccccc2oc1=O. The lowest BCUT2D eigenvalue weighted by atomic mass is 10.0. The minimum atomic E-state index is -0.467. The molecule has 0 spiro atoms. The van der Waals surface area contributed by atoms with Crippen molar-refractivity contribution >= 4 is 11.0 Å². The molecule has 1 N–H and O–H groups in total. The minimum Gasteiger partial charge on any atom is -0.490 e. The Kier molecular flexibility index (Phi) is 3.23. The van der Waals surface area contributed by atoms with Gasteiger partial charge in [-0.2, -0.15) is 0 Å². The molecule has 2 aromatic rings. The van der Waals surface area contributed by atoms with Crippen molar-refractivity contribution < 1.29 is 13.9 Å². The molecule has 100 valence electrons. The molecule has 1 aromatic carbocycles. The average Bonchev–Trinajstić information content (AvgIpc) is 2.46. The van der Waals surface area contributed by atoms with Gasteiger partial charge in [0.15, 0.2) is 0 Å². The highest BCUT2D eigenvalue weighted by molar-refractivity contribution is 5.82. The van der Waals surface area contributed by atoms with Gasteiger partial charge in [-0.15, -0.1) is 0 Å². The van der Waals surface area contributed by atoms with Crippen LogP contribution in [0.2, 0.25) is 0 Å². The van der Waals surface area contributed by atoms with Crippen LogP contribution in [0.25, 0.3) is 11.0 Å². The van der Waals surface area contributed by atoms with Gasteiger partial charge in [-0.1, -0.05) is 18.2 Å². The van der Waals surface area contributed by atoms with E-state index in [4.69, 9.17) is 13.9 Å². The van der Waals surface area contributed by atoms with E-state index in [-0.39, 0.29) is 11.9 Å². The molecule has 1 saturated heterocycles. The Bertz CT molecular complexity index is 643. The van der Waals surface area contributed by atoms with Crippen LogP contribution in [-0.2, 0) is 4.74 Å².